The monoisotopic (exact) mass is 266 g/mol. The minimum absolute atomic E-state index is 0.429. The van der Waals surface area contributed by atoms with Crippen molar-refractivity contribution >= 4 is 0 Å². The molecule has 0 aromatic rings. The first kappa shape index (κ1) is 13.8. The summed E-state index contributed by atoms with van der Waals surface area (Å²) in [7, 11) is 2.31. The van der Waals surface area contributed by atoms with Crippen LogP contribution in [-0.2, 0) is 4.74 Å². The van der Waals surface area contributed by atoms with Crippen LogP contribution < -0.4 is 5.73 Å². The van der Waals surface area contributed by atoms with Gasteiger partial charge in [0.25, 0.3) is 0 Å². The van der Waals surface area contributed by atoms with Gasteiger partial charge >= 0.3 is 0 Å². The van der Waals surface area contributed by atoms with Crippen molar-refractivity contribution in [3.05, 3.63) is 0 Å². The van der Waals surface area contributed by atoms with Crippen LogP contribution >= 0.6 is 0 Å². The molecule has 0 aromatic carbocycles. The minimum Gasteiger partial charge on any atom is -0.378 e. The van der Waals surface area contributed by atoms with Gasteiger partial charge < -0.3 is 15.4 Å². The van der Waals surface area contributed by atoms with Crippen molar-refractivity contribution < 1.29 is 4.74 Å². The van der Waals surface area contributed by atoms with E-state index < -0.39 is 0 Å². The van der Waals surface area contributed by atoms with Crippen molar-refractivity contribution in [2.45, 2.75) is 82.0 Å². The number of nitrogens with zero attached hydrogens (tertiary/aromatic N) is 1. The molecule has 3 aliphatic heterocycles. The molecule has 4 atom stereocenters. The maximum Gasteiger partial charge on any atom is 0.0576 e. The molecular formula is C16H30N2O. The van der Waals surface area contributed by atoms with Crippen LogP contribution in [0.15, 0.2) is 0 Å². The number of piperidine rings is 1. The zero-order valence-electron chi connectivity index (χ0n) is 12.4. The fraction of sp³-hybridized carbons (Fsp3) is 1.00. The van der Waals surface area contributed by atoms with Gasteiger partial charge in [0, 0.05) is 24.7 Å². The molecule has 4 unspecified atom stereocenters. The number of hydrogen-bond acceptors (Lipinski definition) is 3. The molecule has 3 heterocycles. The molecule has 0 saturated carbocycles. The summed E-state index contributed by atoms with van der Waals surface area (Å²) in [4.78, 5) is 2.61. The van der Waals surface area contributed by atoms with E-state index >= 15 is 0 Å². The van der Waals surface area contributed by atoms with Gasteiger partial charge in [-0.25, -0.2) is 0 Å². The Morgan fingerprint density at radius 3 is 2.58 bits per heavy atom. The highest BCUT2D eigenvalue weighted by Crippen LogP contribution is 2.39. The maximum absolute atomic E-state index is 6.47. The average molecular weight is 266 g/mol. The molecule has 110 valence electrons. The van der Waals surface area contributed by atoms with Gasteiger partial charge in [-0.2, -0.15) is 0 Å². The molecule has 3 saturated heterocycles. The van der Waals surface area contributed by atoms with E-state index in [0.717, 1.165) is 24.6 Å². The fourth-order valence-electron chi connectivity index (χ4n) is 4.49. The summed E-state index contributed by atoms with van der Waals surface area (Å²) >= 11 is 0. The first-order valence-electron chi connectivity index (χ1n) is 8.33. The summed E-state index contributed by atoms with van der Waals surface area (Å²) in [6, 6.07) is 2.08. The Morgan fingerprint density at radius 1 is 1.21 bits per heavy atom. The summed E-state index contributed by atoms with van der Waals surface area (Å²) in [6.45, 7) is 0.981. The number of ether oxygens (including phenoxy) is 1. The van der Waals surface area contributed by atoms with Crippen molar-refractivity contribution in [3.63, 3.8) is 0 Å². The largest absolute Gasteiger partial charge is 0.378 e. The van der Waals surface area contributed by atoms with Crippen LogP contribution in [0.2, 0.25) is 0 Å². The topological polar surface area (TPSA) is 38.5 Å². The molecule has 0 aliphatic carbocycles. The van der Waals surface area contributed by atoms with Gasteiger partial charge in [-0.05, 0) is 70.8 Å². The lowest BCUT2D eigenvalue weighted by Crippen LogP contribution is -2.45. The third kappa shape index (κ3) is 3.14. The van der Waals surface area contributed by atoms with Gasteiger partial charge in [0.1, 0.15) is 0 Å². The van der Waals surface area contributed by atoms with Crippen molar-refractivity contribution in [2.24, 2.45) is 11.7 Å². The standard InChI is InChI=1S/C16H30N2O/c1-18-13-7-8-14(18)11-12(10-13)16(17)6-2-4-15-5-3-9-19-15/h12-16H,2-11,17H2,1H3. The Kier molecular flexibility index (Phi) is 4.45. The SMILES string of the molecule is CN1C2CCC1CC(C(N)CCCC1CCCO1)C2. The Balaban J connectivity index is 1.39. The number of hydrogen-bond donors (Lipinski definition) is 1. The van der Waals surface area contributed by atoms with Crippen LogP contribution in [-0.4, -0.2) is 42.8 Å². The quantitative estimate of drug-likeness (QED) is 0.831. The van der Waals surface area contributed by atoms with Crippen molar-refractivity contribution in [3.8, 4) is 0 Å². The minimum atomic E-state index is 0.429. The first-order chi connectivity index (χ1) is 9.24. The van der Waals surface area contributed by atoms with Gasteiger partial charge in [0.05, 0.1) is 6.10 Å². The second kappa shape index (κ2) is 6.11. The van der Waals surface area contributed by atoms with E-state index in [2.05, 4.69) is 11.9 Å². The second-order valence-electron chi connectivity index (χ2n) is 7.01. The van der Waals surface area contributed by atoms with Gasteiger partial charge in [-0.3, -0.25) is 0 Å². The molecule has 2 N–H and O–H groups in total. The Labute approximate surface area is 117 Å². The van der Waals surface area contributed by atoms with E-state index in [-0.39, 0.29) is 0 Å². The molecule has 2 bridgehead atoms. The highest BCUT2D eigenvalue weighted by Gasteiger charge is 2.39. The van der Waals surface area contributed by atoms with E-state index in [1.165, 1.54) is 57.8 Å². The molecular weight excluding hydrogens is 236 g/mol. The highest BCUT2D eigenvalue weighted by molar-refractivity contribution is 4.95. The van der Waals surface area contributed by atoms with E-state index in [1.807, 2.05) is 0 Å². The third-order valence-electron chi connectivity index (χ3n) is 5.83. The molecule has 3 fully saturated rings. The summed E-state index contributed by atoms with van der Waals surface area (Å²) in [6.07, 6.45) is 12.3. The summed E-state index contributed by atoms with van der Waals surface area (Å²) in [5, 5.41) is 0. The maximum atomic E-state index is 6.47. The Hall–Kier alpha value is -0.120. The zero-order chi connectivity index (χ0) is 13.2. The molecule has 19 heavy (non-hydrogen) atoms. The zero-order valence-corrected chi connectivity index (χ0v) is 12.4. The molecule has 0 spiro atoms. The lowest BCUT2D eigenvalue weighted by atomic mass is 9.83. The summed E-state index contributed by atoms with van der Waals surface area (Å²) < 4.78 is 5.69. The predicted octanol–water partition coefficient (Wildman–Crippen LogP) is 2.54. The van der Waals surface area contributed by atoms with Gasteiger partial charge in [-0.1, -0.05) is 0 Å². The summed E-state index contributed by atoms with van der Waals surface area (Å²) in [5.41, 5.74) is 6.47. The predicted molar refractivity (Wildman–Crippen MR) is 78.1 cm³/mol. The van der Waals surface area contributed by atoms with E-state index in [4.69, 9.17) is 10.5 Å². The lowest BCUT2D eigenvalue weighted by Gasteiger charge is -2.38. The van der Waals surface area contributed by atoms with Crippen LogP contribution in [0, 0.1) is 5.92 Å². The molecule has 3 aliphatic rings. The number of fused-ring (bicyclic) bond motifs is 2. The molecule has 3 nitrogen and oxygen atoms in total. The van der Waals surface area contributed by atoms with Crippen molar-refractivity contribution in [1.82, 2.24) is 4.90 Å². The normalized spacial score (nSPS) is 40.7. The highest BCUT2D eigenvalue weighted by atomic mass is 16.5. The van der Waals surface area contributed by atoms with E-state index in [1.54, 1.807) is 0 Å². The van der Waals surface area contributed by atoms with Crippen LogP contribution in [0.4, 0.5) is 0 Å². The Bertz CT molecular complexity index is 276. The van der Waals surface area contributed by atoms with E-state index in [0.29, 0.717) is 12.1 Å². The summed E-state index contributed by atoms with van der Waals surface area (Å²) in [5.74, 6) is 0.776. The number of nitrogens with two attached hydrogens (primary N) is 1. The molecule has 0 radical (unpaired) electrons. The molecule has 0 amide bonds. The smallest absolute Gasteiger partial charge is 0.0576 e. The molecule has 3 rings (SSSR count). The van der Waals surface area contributed by atoms with Crippen LogP contribution in [0.5, 0.6) is 0 Å². The second-order valence-corrected chi connectivity index (χ2v) is 7.01. The fourth-order valence-corrected chi connectivity index (χ4v) is 4.49. The van der Waals surface area contributed by atoms with Gasteiger partial charge in [-0.15, -0.1) is 0 Å². The van der Waals surface area contributed by atoms with E-state index in [9.17, 15) is 0 Å². The molecule has 0 aromatic heterocycles. The lowest BCUT2D eigenvalue weighted by molar-refractivity contribution is 0.0965. The van der Waals surface area contributed by atoms with Crippen molar-refractivity contribution in [2.75, 3.05) is 13.7 Å². The van der Waals surface area contributed by atoms with Crippen molar-refractivity contribution in [1.29, 1.82) is 0 Å². The first-order valence-corrected chi connectivity index (χ1v) is 8.33. The average Bonchev–Trinajstić information content (AvgIpc) is 2.96. The van der Waals surface area contributed by atoms with Crippen LogP contribution in [0.1, 0.15) is 57.8 Å². The number of rotatable bonds is 5. The molecule has 3 heteroatoms. The van der Waals surface area contributed by atoms with Crippen LogP contribution in [0.3, 0.4) is 0 Å². The van der Waals surface area contributed by atoms with Gasteiger partial charge in [0.2, 0.25) is 0 Å². The third-order valence-corrected chi connectivity index (χ3v) is 5.83. The van der Waals surface area contributed by atoms with Gasteiger partial charge in [0.15, 0.2) is 0 Å². The Morgan fingerprint density at radius 2 is 1.95 bits per heavy atom. The van der Waals surface area contributed by atoms with Crippen LogP contribution in [0.25, 0.3) is 0 Å².